The number of likely N-dealkylation sites (tertiary alicyclic amines) is 1. The molecule has 1 atom stereocenters. The van der Waals surface area contributed by atoms with Crippen molar-refractivity contribution in [3.8, 4) is 0 Å². The minimum absolute atomic E-state index is 0.106. The van der Waals surface area contributed by atoms with Crippen molar-refractivity contribution >= 4 is 17.9 Å². The third kappa shape index (κ3) is 3.30. The lowest BCUT2D eigenvalue weighted by Gasteiger charge is -2.33. The van der Waals surface area contributed by atoms with Crippen molar-refractivity contribution in [2.45, 2.75) is 18.2 Å². The summed E-state index contributed by atoms with van der Waals surface area (Å²) in [6.45, 7) is 2.53. The fraction of sp³-hybridized carbons (Fsp3) is 0.500. The summed E-state index contributed by atoms with van der Waals surface area (Å²) in [5.74, 6) is 0.530. The average Bonchev–Trinajstić information content (AvgIpc) is 2.40. The zero-order valence-electron chi connectivity index (χ0n) is 9.89. The first-order chi connectivity index (χ1) is 8.31. The molecular weight excluding hydrogens is 234 g/mol. The van der Waals surface area contributed by atoms with Crippen molar-refractivity contribution < 1.29 is 4.79 Å². The van der Waals surface area contributed by atoms with Crippen LogP contribution in [0.2, 0.25) is 0 Å². The molecule has 1 heterocycles. The van der Waals surface area contributed by atoms with Crippen LogP contribution in [0.15, 0.2) is 30.3 Å². The van der Waals surface area contributed by atoms with Crippen molar-refractivity contribution in [3.63, 3.8) is 0 Å². The van der Waals surface area contributed by atoms with E-state index in [-0.39, 0.29) is 5.38 Å². The number of benzene rings is 1. The predicted molar refractivity (Wildman–Crippen MR) is 70.3 cm³/mol. The molecule has 2 nitrogen and oxygen atoms in total. The molecule has 1 aliphatic heterocycles. The third-order valence-corrected chi connectivity index (χ3v) is 4.11. The predicted octanol–water partition coefficient (Wildman–Crippen LogP) is 2.88. The summed E-state index contributed by atoms with van der Waals surface area (Å²) < 4.78 is 0. The van der Waals surface area contributed by atoms with E-state index in [9.17, 15) is 4.79 Å². The van der Waals surface area contributed by atoms with E-state index in [0.717, 1.165) is 32.2 Å². The Morgan fingerprint density at radius 3 is 2.53 bits per heavy atom. The number of hydrogen-bond donors (Lipinski definition) is 0. The lowest BCUT2D eigenvalue weighted by molar-refractivity contribution is -0.109. The highest BCUT2D eigenvalue weighted by molar-refractivity contribution is 6.21. The van der Waals surface area contributed by atoms with Gasteiger partial charge < -0.3 is 4.79 Å². The molecule has 0 bridgehead atoms. The Labute approximate surface area is 108 Å². The van der Waals surface area contributed by atoms with Gasteiger partial charge in [-0.1, -0.05) is 30.3 Å². The van der Waals surface area contributed by atoms with Gasteiger partial charge in [0.25, 0.3) is 0 Å². The van der Waals surface area contributed by atoms with Gasteiger partial charge in [0.05, 0.1) is 11.9 Å². The molecule has 1 aliphatic rings. The van der Waals surface area contributed by atoms with E-state index >= 15 is 0 Å². The number of carbonyl (C=O) groups is 1. The largest absolute Gasteiger partial charge is 0.302 e. The number of carbonyl (C=O) groups excluding carboxylic acids is 1. The Morgan fingerprint density at radius 2 is 1.94 bits per heavy atom. The van der Waals surface area contributed by atoms with Crippen molar-refractivity contribution in [2.75, 3.05) is 19.6 Å². The fourth-order valence-electron chi connectivity index (χ4n) is 2.44. The number of halogens is 1. The van der Waals surface area contributed by atoms with Gasteiger partial charge in [0.1, 0.15) is 6.29 Å². The summed E-state index contributed by atoms with van der Waals surface area (Å²) in [6, 6.07) is 10.3. The molecule has 17 heavy (non-hydrogen) atoms. The minimum atomic E-state index is 0.106. The van der Waals surface area contributed by atoms with Crippen LogP contribution in [0, 0.1) is 5.92 Å². The van der Waals surface area contributed by atoms with E-state index in [2.05, 4.69) is 17.0 Å². The number of aldehydes is 1. The Bertz CT molecular complexity index is 346. The van der Waals surface area contributed by atoms with Crippen LogP contribution in [0.3, 0.4) is 0 Å². The fourth-order valence-corrected chi connectivity index (χ4v) is 2.84. The molecule has 0 radical (unpaired) electrons. The number of hydrogen-bond acceptors (Lipinski definition) is 2. The molecular formula is C14H18ClNO. The molecule has 1 unspecified atom stereocenters. The van der Waals surface area contributed by atoms with Gasteiger partial charge in [-0.25, -0.2) is 0 Å². The van der Waals surface area contributed by atoms with E-state index in [0.29, 0.717) is 12.5 Å². The second-order valence-corrected chi connectivity index (χ2v) is 5.09. The summed E-state index contributed by atoms with van der Waals surface area (Å²) >= 11 is 6.52. The van der Waals surface area contributed by atoms with Crippen LogP contribution in [0.25, 0.3) is 0 Å². The molecule has 1 fully saturated rings. The van der Waals surface area contributed by atoms with Crippen LogP contribution in [0.5, 0.6) is 0 Å². The molecule has 0 aromatic heterocycles. The van der Waals surface area contributed by atoms with Crippen LogP contribution in [-0.4, -0.2) is 30.8 Å². The number of nitrogens with zero attached hydrogens (tertiary/aromatic N) is 1. The normalized spacial score (nSPS) is 20.1. The van der Waals surface area contributed by atoms with Gasteiger partial charge in [-0.05, 0) is 37.4 Å². The maximum atomic E-state index is 10.4. The van der Waals surface area contributed by atoms with Crippen LogP contribution in [-0.2, 0) is 4.79 Å². The first-order valence-electron chi connectivity index (χ1n) is 6.16. The summed E-state index contributed by atoms with van der Waals surface area (Å²) in [5, 5.41) is 0.106. The summed E-state index contributed by atoms with van der Waals surface area (Å²) in [6.07, 6.45) is 3.14. The molecule has 2 rings (SSSR count). The van der Waals surface area contributed by atoms with Crippen LogP contribution in [0.1, 0.15) is 23.8 Å². The lowest BCUT2D eigenvalue weighted by Crippen LogP contribution is -2.35. The Morgan fingerprint density at radius 1 is 1.29 bits per heavy atom. The maximum Gasteiger partial charge on any atom is 0.133 e. The highest BCUT2D eigenvalue weighted by Crippen LogP contribution is 2.35. The van der Waals surface area contributed by atoms with Gasteiger partial charge in [0, 0.05) is 0 Å². The molecule has 0 aliphatic carbocycles. The molecule has 0 amide bonds. The zero-order chi connectivity index (χ0) is 12.1. The third-order valence-electron chi connectivity index (χ3n) is 3.50. The molecule has 3 heteroatoms. The quantitative estimate of drug-likeness (QED) is 0.606. The van der Waals surface area contributed by atoms with E-state index in [1.54, 1.807) is 0 Å². The molecule has 1 aromatic rings. The summed E-state index contributed by atoms with van der Waals surface area (Å²) in [4.78, 5) is 12.6. The number of alkyl halides is 1. The molecule has 1 aromatic carbocycles. The highest BCUT2D eigenvalue weighted by Gasteiger charge is 2.25. The average molecular weight is 252 g/mol. The van der Waals surface area contributed by atoms with Gasteiger partial charge in [0.15, 0.2) is 0 Å². The number of rotatable bonds is 4. The number of piperidine rings is 1. The minimum Gasteiger partial charge on any atom is -0.302 e. The van der Waals surface area contributed by atoms with Crippen molar-refractivity contribution in [2.24, 2.45) is 5.92 Å². The second kappa shape index (κ2) is 6.18. The van der Waals surface area contributed by atoms with Gasteiger partial charge in [0.2, 0.25) is 0 Å². The van der Waals surface area contributed by atoms with Gasteiger partial charge in [-0.15, -0.1) is 11.6 Å². The maximum absolute atomic E-state index is 10.4. The Kier molecular flexibility index (Phi) is 4.57. The first kappa shape index (κ1) is 12.6. The van der Waals surface area contributed by atoms with Gasteiger partial charge in [-0.3, -0.25) is 4.90 Å². The van der Waals surface area contributed by atoms with Crippen LogP contribution < -0.4 is 0 Å². The van der Waals surface area contributed by atoms with E-state index in [1.807, 2.05) is 18.2 Å². The molecule has 92 valence electrons. The standard InChI is InChI=1S/C14H18ClNO/c15-14(12-4-2-1-3-5-12)13-6-8-16(9-7-13)10-11-17/h1-5,11,13-14H,6-10H2. The van der Waals surface area contributed by atoms with E-state index in [4.69, 9.17) is 11.6 Å². The summed E-state index contributed by atoms with van der Waals surface area (Å²) in [7, 11) is 0. The molecule has 0 saturated carbocycles. The SMILES string of the molecule is O=CCN1CCC(C(Cl)c2ccccc2)CC1. The van der Waals surface area contributed by atoms with Gasteiger partial charge >= 0.3 is 0 Å². The van der Waals surface area contributed by atoms with Crippen molar-refractivity contribution in [3.05, 3.63) is 35.9 Å². The van der Waals surface area contributed by atoms with Crippen molar-refractivity contribution in [1.29, 1.82) is 0 Å². The molecule has 0 N–H and O–H groups in total. The Balaban J connectivity index is 1.90. The first-order valence-corrected chi connectivity index (χ1v) is 6.60. The van der Waals surface area contributed by atoms with Gasteiger partial charge in [-0.2, -0.15) is 0 Å². The monoisotopic (exact) mass is 251 g/mol. The van der Waals surface area contributed by atoms with Crippen LogP contribution >= 0.6 is 11.6 Å². The summed E-state index contributed by atoms with van der Waals surface area (Å²) in [5.41, 5.74) is 1.21. The Hall–Kier alpha value is -0.860. The topological polar surface area (TPSA) is 20.3 Å². The molecule has 1 saturated heterocycles. The zero-order valence-corrected chi connectivity index (χ0v) is 10.6. The second-order valence-electron chi connectivity index (χ2n) is 4.62. The van der Waals surface area contributed by atoms with Crippen molar-refractivity contribution in [1.82, 2.24) is 4.90 Å². The lowest BCUT2D eigenvalue weighted by atomic mass is 9.89. The van der Waals surface area contributed by atoms with Crippen LogP contribution in [0.4, 0.5) is 0 Å². The smallest absolute Gasteiger partial charge is 0.133 e. The molecule has 0 spiro atoms. The van der Waals surface area contributed by atoms with E-state index in [1.165, 1.54) is 5.56 Å². The van der Waals surface area contributed by atoms with E-state index < -0.39 is 0 Å². The highest BCUT2D eigenvalue weighted by atomic mass is 35.5.